The summed E-state index contributed by atoms with van der Waals surface area (Å²) in [6.45, 7) is -2.37. The Morgan fingerprint density at radius 2 is 2.12 bits per heavy atom. The van der Waals surface area contributed by atoms with Crippen molar-refractivity contribution in [3.63, 3.8) is 0 Å². The van der Waals surface area contributed by atoms with Gasteiger partial charge in [0.05, 0.1) is 25.5 Å². The van der Waals surface area contributed by atoms with Gasteiger partial charge in [-0.15, -0.1) is 5.10 Å². The first-order chi connectivity index (χ1) is 9.36. The van der Waals surface area contributed by atoms with E-state index in [-0.39, 0.29) is 11.3 Å². The molecule has 0 aliphatic heterocycles. The van der Waals surface area contributed by atoms with Gasteiger partial charge in [-0.1, -0.05) is 0 Å². The van der Waals surface area contributed by atoms with Crippen LogP contribution in [-0.4, -0.2) is 30.4 Å². The quantitative estimate of drug-likeness (QED) is 0.742. The third-order valence-electron chi connectivity index (χ3n) is 2.30. The topological polar surface area (TPSA) is 61.3 Å². The van der Waals surface area contributed by atoms with Crippen molar-refractivity contribution in [1.29, 1.82) is 0 Å². The van der Waals surface area contributed by atoms with Crippen LogP contribution < -0.4 is 4.74 Å². The van der Waals surface area contributed by atoms with Crippen molar-refractivity contribution >= 4 is 16.9 Å². The number of fused-ring (bicyclic) bond motifs is 1. The Bertz CT molecular complexity index is 671. The third kappa shape index (κ3) is 2.04. The molecule has 5 nitrogen and oxygen atoms in total. The van der Waals surface area contributed by atoms with Crippen molar-refractivity contribution in [3.8, 4) is 5.75 Å². The second-order valence-electron chi connectivity index (χ2n) is 3.34. The smallest absolute Gasteiger partial charge is 0.338 e. The lowest BCUT2D eigenvalue weighted by atomic mass is 10.1. The van der Waals surface area contributed by atoms with E-state index in [0.717, 1.165) is 0 Å². The molecule has 0 fully saturated rings. The van der Waals surface area contributed by atoms with Gasteiger partial charge in [-0.3, -0.25) is 0 Å². The van der Waals surface area contributed by atoms with E-state index < -0.39 is 12.8 Å². The lowest BCUT2D eigenvalue weighted by Gasteiger charge is -2.07. The molecule has 1 aromatic carbocycles. The number of carbonyl (C=O) groups excluding carboxylic acids is 1. The van der Waals surface area contributed by atoms with Gasteiger partial charge in [-0.05, 0) is 25.1 Å². The van der Waals surface area contributed by atoms with Crippen molar-refractivity contribution in [2.24, 2.45) is 0 Å². The van der Waals surface area contributed by atoms with E-state index in [1.54, 1.807) is 0 Å². The molecule has 1 aromatic heterocycles. The Balaban J connectivity index is 2.69. The summed E-state index contributed by atoms with van der Waals surface area (Å²) in [7, 11) is 2.69. The van der Waals surface area contributed by atoms with Gasteiger partial charge < -0.3 is 9.47 Å². The van der Waals surface area contributed by atoms with Gasteiger partial charge in [0, 0.05) is 9.50 Å². The maximum Gasteiger partial charge on any atom is 0.338 e. The van der Waals surface area contributed by atoms with E-state index in [0.29, 0.717) is 16.7 Å². The SMILES string of the molecule is [2H]C([2H])([2H])c1cc2cc(C(=O)OC)cc(OC)c2nn1. The second kappa shape index (κ2) is 4.37. The lowest BCUT2D eigenvalue weighted by molar-refractivity contribution is 0.0600. The largest absolute Gasteiger partial charge is 0.494 e. The summed E-state index contributed by atoms with van der Waals surface area (Å²) in [6.07, 6.45) is 0. The van der Waals surface area contributed by atoms with Gasteiger partial charge in [0.25, 0.3) is 0 Å². The average molecular weight is 235 g/mol. The molecule has 0 saturated heterocycles. The lowest BCUT2D eigenvalue weighted by Crippen LogP contribution is -2.02. The molecule has 0 unspecified atom stereocenters. The predicted octanol–water partition coefficient (Wildman–Crippen LogP) is 1.73. The summed E-state index contributed by atoms with van der Waals surface area (Å²) in [4.78, 5) is 11.6. The molecule has 0 atom stereocenters. The summed E-state index contributed by atoms with van der Waals surface area (Å²) < 4.78 is 31.8. The number of methoxy groups -OCH3 is 2. The number of aryl methyl sites for hydroxylation is 1. The van der Waals surface area contributed by atoms with Crippen molar-refractivity contribution < 1.29 is 18.4 Å². The van der Waals surface area contributed by atoms with Crippen LogP contribution in [0, 0.1) is 6.85 Å². The Morgan fingerprint density at radius 3 is 2.76 bits per heavy atom. The van der Waals surface area contributed by atoms with E-state index in [1.165, 1.54) is 32.4 Å². The monoisotopic (exact) mass is 235 g/mol. The first-order valence-electron chi connectivity index (χ1n) is 6.31. The van der Waals surface area contributed by atoms with E-state index in [1.807, 2.05) is 0 Å². The van der Waals surface area contributed by atoms with Crippen molar-refractivity contribution in [3.05, 3.63) is 29.5 Å². The normalized spacial score (nSPS) is 13.6. The minimum Gasteiger partial charge on any atom is -0.494 e. The first kappa shape index (κ1) is 8.00. The van der Waals surface area contributed by atoms with Gasteiger partial charge >= 0.3 is 5.97 Å². The molecule has 0 amide bonds. The van der Waals surface area contributed by atoms with Gasteiger partial charge in [-0.25, -0.2) is 4.79 Å². The predicted molar refractivity (Wildman–Crippen MR) is 62.2 cm³/mol. The van der Waals surface area contributed by atoms with E-state index >= 15 is 0 Å². The van der Waals surface area contributed by atoms with Crippen LogP contribution in [0.15, 0.2) is 18.2 Å². The van der Waals surface area contributed by atoms with Crippen LogP contribution in [0.2, 0.25) is 0 Å². The van der Waals surface area contributed by atoms with E-state index in [4.69, 9.17) is 8.85 Å². The fourth-order valence-corrected chi connectivity index (χ4v) is 1.52. The summed E-state index contributed by atoms with van der Waals surface area (Å²) in [5.74, 6) is -0.218. The zero-order valence-corrected chi connectivity index (χ0v) is 9.35. The molecule has 0 N–H and O–H groups in total. The van der Waals surface area contributed by atoms with Gasteiger partial charge in [0.15, 0.2) is 0 Å². The molecule has 0 aliphatic rings. The Kier molecular flexibility index (Phi) is 2.06. The fourth-order valence-electron chi connectivity index (χ4n) is 1.52. The summed E-state index contributed by atoms with van der Waals surface area (Å²) >= 11 is 0. The van der Waals surface area contributed by atoms with Gasteiger partial charge in [-0.2, -0.15) is 5.10 Å². The highest BCUT2D eigenvalue weighted by Gasteiger charge is 2.12. The van der Waals surface area contributed by atoms with Crippen molar-refractivity contribution in [1.82, 2.24) is 10.2 Å². The number of esters is 1. The Morgan fingerprint density at radius 1 is 1.29 bits per heavy atom. The maximum absolute atomic E-state index is 11.6. The number of hydrogen-bond donors (Lipinski definition) is 0. The van der Waals surface area contributed by atoms with Crippen LogP contribution in [0.25, 0.3) is 10.9 Å². The van der Waals surface area contributed by atoms with Crippen LogP contribution in [0.3, 0.4) is 0 Å². The second-order valence-corrected chi connectivity index (χ2v) is 3.34. The molecule has 0 saturated carbocycles. The fraction of sp³-hybridized carbons (Fsp3) is 0.250. The summed E-state index contributed by atoms with van der Waals surface area (Å²) in [5, 5.41) is 7.98. The minimum absolute atomic E-state index is 0.144. The van der Waals surface area contributed by atoms with Crippen LogP contribution in [0.1, 0.15) is 20.2 Å². The average Bonchev–Trinajstić information content (AvgIpc) is 2.43. The molecule has 0 bridgehead atoms. The van der Waals surface area contributed by atoms with Crippen molar-refractivity contribution in [2.75, 3.05) is 14.2 Å². The Hall–Kier alpha value is -2.17. The molecular formula is C12H12N2O3. The third-order valence-corrected chi connectivity index (χ3v) is 2.30. The molecule has 88 valence electrons. The zero-order chi connectivity index (χ0) is 14.9. The zero-order valence-electron chi connectivity index (χ0n) is 12.4. The summed E-state index contributed by atoms with van der Waals surface area (Å²) in [6, 6.07) is 4.33. The highest BCUT2D eigenvalue weighted by molar-refractivity contribution is 5.96. The number of nitrogens with zero attached hydrogens (tertiary/aromatic N) is 2. The number of hydrogen-bond acceptors (Lipinski definition) is 5. The number of benzene rings is 1. The van der Waals surface area contributed by atoms with Crippen LogP contribution in [0.5, 0.6) is 5.75 Å². The van der Waals surface area contributed by atoms with E-state index in [9.17, 15) is 4.79 Å². The van der Waals surface area contributed by atoms with Crippen LogP contribution in [-0.2, 0) is 4.74 Å². The molecular weight excluding hydrogens is 220 g/mol. The first-order valence-corrected chi connectivity index (χ1v) is 4.81. The highest BCUT2D eigenvalue weighted by atomic mass is 16.5. The molecule has 0 aliphatic carbocycles. The number of ether oxygens (including phenoxy) is 2. The molecule has 0 spiro atoms. The Labute approximate surface area is 103 Å². The summed E-state index contributed by atoms with van der Waals surface area (Å²) in [5.41, 5.74) is 0.489. The maximum atomic E-state index is 11.6. The van der Waals surface area contributed by atoms with Gasteiger partial charge in [0.1, 0.15) is 11.3 Å². The highest BCUT2D eigenvalue weighted by Crippen LogP contribution is 2.25. The minimum atomic E-state index is -2.37. The van der Waals surface area contributed by atoms with Gasteiger partial charge in [0.2, 0.25) is 0 Å². The number of carbonyl (C=O) groups is 1. The molecule has 1 heterocycles. The molecule has 0 radical (unpaired) electrons. The van der Waals surface area contributed by atoms with Crippen LogP contribution in [0.4, 0.5) is 0 Å². The van der Waals surface area contributed by atoms with E-state index in [2.05, 4.69) is 14.9 Å². The molecule has 2 rings (SSSR count). The number of aromatic nitrogens is 2. The van der Waals surface area contributed by atoms with Crippen LogP contribution >= 0.6 is 0 Å². The molecule has 17 heavy (non-hydrogen) atoms. The standard InChI is InChI=1S/C12H12N2O3/c1-7-4-8-5-9(12(15)17-3)6-10(16-2)11(8)14-13-7/h4-6H,1-3H3/i1D3. The number of rotatable bonds is 2. The molecule has 2 aromatic rings. The van der Waals surface area contributed by atoms with Crippen molar-refractivity contribution in [2.45, 2.75) is 6.85 Å². The molecule has 5 heteroatoms.